The lowest BCUT2D eigenvalue weighted by molar-refractivity contribution is -0.145. The van der Waals surface area contributed by atoms with Crippen molar-refractivity contribution in [3.63, 3.8) is 0 Å². The molecule has 20 heavy (non-hydrogen) atoms. The van der Waals surface area contributed by atoms with Gasteiger partial charge in [0.05, 0.1) is 24.7 Å². The fourth-order valence-electron chi connectivity index (χ4n) is 2.58. The van der Waals surface area contributed by atoms with Crippen LogP contribution in [-0.4, -0.2) is 25.2 Å². The minimum absolute atomic E-state index is 0.0363. The van der Waals surface area contributed by atoms with Crippen molar-refractivity contribution in [3.8, 4) is 0 Å². The van der Waals surface area contributed by atoms with E-state index in [9.17, 15) is 9.59 Å². The maximum Gasteiger partial charge on any atom is 0.338 e. The van der Waals surface area contributed by atoms with Gasteiger partial charge in [0.1, 0.15) is 0 Å². The number of carbonyl (C=O) groups excluding carboxylic acids is 2. The molecule has 4 heteroatoms. The molecule has 0 saturated heterocycles. The topological polar surface area (TPSA) is 52.6 Å². The fourth-order valence-corrected chi connectivity index (χ4v) is 2.58. The Labute approximate surface area is 119 Å². The van der Waals surface area contributed by atoms with Gasteiger partial charge in [0.2, 0.25) is 0 Å². The van der Waals surface area contributed by atoms with Crippen LogP contribution in [0.3, 0.4) is 0 Å². The summed E-state index contributed by atoms with van der Waals surface area (Å²) in [5.41, 5.74) is 0.363. The van der Waals surface area contributed by atoms with Gasteiger partial charge in [-0.3, -0.25) is 4.79 Å². The van der Waals surface area contributed by atoms with Crippen LogP contribution >= 0.6 is 0 Å². The molecule has 0 radical (unpaired) electrons. The van der Waals surface area contributed by atoms with Crippen molar-refractivity contribution in [3.05, 3.63) is 35.9 Å². The van der Waals surface area contributed by atoms with Gasteiger partial charge in [0, 0.05) is 5.92 Å². The first-order valence-corrected chi connectivity index (χ1v) is 6.87. The second-order valence-electron chi connectivity index (χ2n) is 5.62. The summed E-state index contributed by atoms with van der Waals surface area (Å²) in [5.74, 6) is -0.686. The molecule has 0 spiro atoms. The molecule has 1 aromatic carbocycles. The van der Waals surface area contributed by atoms with Crippen molar-refractivity contribution in [2.75, 3.05) is 13.2 Å². The summed E-state index contributed by atoms with van der Waals surface area (Å²) >= 11 is 0. The van der Waals surface area contributed by atoms with Crippen LogP contribution in [0.2, 0.25) is 0 Å². The van der Waals surface area contributed by atoms with Crippen molar-refractivity contribution in [1.82, 2.24) is 0 Å². The van der Waals surface area contributed by atoms with Gasteiger partial charge in [-0.15, -0.1) is 0 Å². The maximum atomic E-state index is 11.9. The number of hydrogen-bond donors (Lipinski definition) is 0. The normalized spacial score (nSPS) is 22.9. The predicted molar refractivity (Wildman–Crippen MR) is 74.1 cm³/mol. The van der Waals surface area contributed by atoms with Crippen molar-refractivity contribution in [2.45, 2.75) is 20.8 Å². The Bertz CT molecular complexity index is 492. The number of rotatable bonds is 5. The second kappa shape index (κ2) is 5.65. The lowest BCUT2D eigenvalue weighted by Gasteiger charge is -2.05. The van der Waals surface area contributed by atoms with Crippen LogP contribution in [0.15, 0.2) is 30.3 Å². The highest BCUT2D eigenvalue weighted by atomic mass is 16.5. The Balaban J connectivity index is 1.89. The van der Waals surface area contributed by atoms with E-state index in [-0.39, 0.29) is 35.8 Å². The number of benzene rings is 1. The summed E-state index contributed by atoms with van der Waals surface area (Å²) in [6.07, 6.45) is 0. The Morgan fingerprint density at radius 3 is 2.40 bits per heavy atom. The molecule has 0 aliphatic heterocycles. The van der Waals surface area contributed by atoms with E-state index in [0.717, 1.165) is 0 Å². The van der Waals surface area contributed by atoms with Gasteiger partial charge in [-0.25, -0.2) is 4.79 Å². The highest BCUT2D eigenvalue weighted by Crippen LogP contribution is 2.58. The molecule has 0 aromatic heterocycles. The summed E-state index contributed by atoms with van der Waals surface area (Å²) in [5, 5.41) is 0. The zero-order valence-corrected chi connectivity index (χ0v) is 12.1. The highest BCUT2D eigenvalue weighted by molar-refractivity contribution is 5.89. The Kier molecular flexibility index (Phi) is 4.12. The number of ether oxygens (including phenoxy) is 2. The molecule has 1 aromatic rings. The van der Waals surface area contributed by atoms with Gasteiger partial charge in [0.25, 0.3) is 0 Å². The number of esters is 2. The van der Waals surface area contributed by atoms with Crippen LogP contribution in [0.1, 0.15) is 31.1 Å². The van der Waals surface area contributed by atoms with E-state index in [1.807, 2.05) is 19.9 Å². The lowest BCUT2D eigenvalue weighted by atomic mass is 10.1. The molecule has 2 unspecified atom stereocenters. The van der Waals surface area contributed by atoms with Crippen LogP contribution in [-0.2, 0) is 14.3 Å². The number of carbonyl (C=O) groups is 2. The van der Waals surface area contributed by atoms with E-state index in [2.05, 4.69) is 0 Å². The molecule has 1 aliphatic rings. The van der Waals surface area contributed by atoms with Crippen molar-refractivity contribution < 1.29 is 19.1 Å². The largest absolute Gasteiger partial charge is 0.466 e. The quantitative estimate of drug-likeness (QED) is 0.776. The molecule has 0 bridgehead atoms. The third-order valence-electron chi connectivity index (χ3n) is 3.99. The molecule has 0 amide bonds. The second-order valence-corrected chi connectivity index (χ2v) is 5.62. The molecule has 0 heterocycles. The van der Waals surface area contributed by atoms with Crippen LogP contribution in [0.25, 0.3) is 0 Å². The van der Waals surface area contributed by atoms with E-state index in [4.69, 9.17) is 9.47 Å². The summed E-state index contributed by atoms with van der Waals surface area (Å²) in [6.45, 7) is 6.41. The van der Waals surface area contributed by atoms with Crippen molar-refractivity contribution in [1.29, 1.82) is 0 Å². The van der Waals surface area contributed by atoms with E-state index in [0.29, 0.717) is 12.2 Å². The van der Waals surface area contributed by atoms with E-state index < -0.39 is 0 Å². The summed E-state index contributed by atoms with van der Waals surface area (Å²) in [6, 6.07) is 8.85. The zero-order chi connectivity index (χ0) is 14.8. The minimum Gasteiger partial charge on any atom is -0.466 e. The first kappa shape index (κ1) is 14.6. The lowest BCUT2D eigenvalue weighted by Crippen LogP contribution is -2.12. The van der Waals surface area contributed by atoms with Crippen LogP contribution in [0.5, 0.6) is 0 Å². The third kappa shape index (κ3) is 2.84. The van der Waals surface area contributed by atoms with Gasteiger partial charge in [-0.05, 0) is 24.5 Å². The van der Waals surface area contributed by atoms with E-state index in [1.54, 1.807) is 31.2 Å². The van der Waals surface area contributed by atoms with Crippen molar-refractivity contribution >= 4 is 11.9 Å². The molecule has 0 N–H and O–H groups in total. The van der Waals surface area contributed by atoms with Crippen LogP contribution < -0.4 is 0 Å². The molecule has 1 aliphatic carbocycles. The molecule has 1 fully saturated rings. The summed E-state index contributed by atoms with van der Waals surface area (Å²) in [7, 11) is 0. The van der Waals surface area contributed by atoms with Gasteiger partial charge in [-0.2, -0.15) is 0 Å². The van der Waals surface area contributed by atoms with Gasteiger partial charge in [-0.1, -0.05) is 32.0 Å². The zero-order valence-electron chi connectivity index (χ0n) is 12.1. The Morgan fingerprint density at radius 2 is 1.80 bits per heavy atom. The SMILES string of the molecule is CCOC(=O)C1C(COC(=O)c2ccccc2)C1(C)C. The molecular weight excluding hydrogens is 256 g/mol. The molecular formula is C16H20O4. The van der Waals surface area contributed by atoms with Gasteiger partial charge < -0.3 is 9.47 Å². The summed E-state index contributed by atoms with van der Waals surface area (Å²) < 4.78 is 10.3. The fraction of sp³-hybridized carbons (Fsp3) is 0.500. The molecule has 2 atom stereocenters. The molecule has 2 rings (SSSR count). The van der Waals surface area contributed by atoms with Gasteiger partial charge >= 0.3 is 11.9 Å². The monoisotopic (exact) mass is 276 g/mol. The molecule has 108 valence electrons. The van der Waals surface area contributed by atoms with E-state index >= 15 is 0 Å². The molecule has 1 saturated carbocycles. The highest BCUT2D eigenvalue weighted by Gasteiger charge is 2.63. The predicted octanol–water partition coefficient (Wildman–Crippen LogP) is 2.68. The smallest absolute Gasteiger partial charge is 0.338 e. The van der Waals surface area contributed by atoms with Crippen LogP contribution in [0.4, 0.5) is 0 Å². The standard InChI is InChI=1S/C16H20O4/c1-4-19-15(18)13-12(16(13,2)3)10-20-14(17)11-8-6-5-7-9-11/h5-9,12-13H,4,10H2,1-3H3. The Hall–Kier alpha value is -1.84. The maximum absolute atomic E-state index is 11.9. The minimum atomic E-state index is -0.351. The number of hydrogen-bond acceptors (Lipinski definition) is 4. The van der Waals surface area contributed by atoms with Crippen LogP contribution in [0, 0.1) is 17.3 Å². The van der Waals surface area contributed by atoms with E-state index in [1.165, 1.54) is 0 Å². The third-order valence-corrected chi connectivity index (χ3v) is 3.99. The average molecular weight is 276 g/mol. The molecule has 4 nitrogen and oxygen atoms in total. The Morgan fingerprint density at radius 1 is 1.15 bits per heavy atom. The van der Waals surface area contributed by atoms with Gasteiger partial charge in [0.15, 0.2) is 0 Å². The van der Waals surface area contributed by atoms with Crippen molar-refractivity contribution in [2.24, 2.45) is 17.3 Å². The first-order valence-electron chi connectivity index (χ1n) is 6.87. The first-order chi connectivity index (χ1) is 9.48. The average Bonchev–Trinajstić information content (AvgIpc) is 2.99. The summed E-state index contributed by atoms with van der Waals surface area (Å²) in [4.78, 5) is 23.6.